The predicted octanol–water partition coefficient (Wildman–Crippen LogP) is 6.39. The van der Waals surface area contributed by atoms with Gasteiger partial charge >= 0.3 is 0 Å². The Bertz CT molecular complexity index is 1060. The monoisotopic (exact) mass is 315 g/mol. The van der Waals surface area contributed by atoms with Gasteiger partial charge in [0.1, 0.15) is 11.3 Å². The minimum absolute atomic E-state index is 0.375. The van der Waals surface area contributed by atoms with Crippen molar-refractivity contribution in [2.75, 3.05) is 0 Å². The number of furan rings is 1. The minimum atomic E-state index is 0.375. The first-order chi connectivity index (χ1) is 11.6. The van der Waals surface area contributed by atoms with E-state index in [-0.39, 0.29) is 0 Å². The summed E-state index contributed by atoms with van der Waals surface area (Å²) >= 11 is 0. The number of fused-ring (bicyclic) bond motifs is 2. The molecule has 0 unspecified atom stereocenters. The Hall–Kier alpha value is -2.61. The van der Waals surface area contributed by atoms with Gasteiger partial charge in [0.05, 0.1) is 5.52 Å². The second kappa shape index (κ2) is 5.48. The highest BCUT2D eigenvalue weighted by molar-refractivity contribution is 5.91. The van der Waals surface area contributed by atoms with Gasteiger partial charge in [-0.3, -0.25) is 0 Å². The Morgan fingerprint density at radius 3 is 2.38 bits per heavy atom. The Balaban J connectivity index is 2.03. The second-order valence-corrected chi connectivity index (χ2v) is 6.79. The maximum atomic E-state index is 6.20. The normalized spacial score (nSPS) is 11.7. The third-order valence-electron chi connectivity index (χ3n) is 4.72. The van der Waals surface area contributed by atoms with Gasteiger partial charge in [0, 0.05) is 16.3 Å². The molecule has 4 rings (SSSR count). The van der Waals surface area contributed by atoms with E-state index in [1.807, 2.05) is 12.1 Å². The fraction of sp³-hybridized carbons (Fsp3) is 0.227. The molecule has 0 fully saturated rings. The molecular weight excluding hydrogens is 294 g/mol. The van der Waals surface area contributed by atoms with Crippen LogP contribution in [0.4, 0.5) is 0 Å². The number of benzene rings is 2. The molecule has 2 nitrogen and oxygen atoms in total. The quantitative estimate of drug-likeness (QED) is 0.428. The van der Waals surface area contributed by atoms with Crippen LogP contribution in [0.15, 0.2) is 52.9 Å². The number of aromatic nitrogens is 1. The average molecular weight is 315 g/mol. The number of pyridine rings is 1. The molecule has 24 heavy (non-hydrogen) atoms. The van der Waals surface area contributed by atoms with Gasteiger partial charge in [-0.05, 0) is 43.0 Å². The van der Waals surface area contributed by atoms with Crippen molar-refractivity contribution in [2.45, 2.75) is 33.6 Å². The predicted molar refractivity (Wildman–Crippen MR) is 101 cm³/mol. The van der Waals surface area contributed by atoms with E-state index in [0.717, 1.165) is 22.6 Å². The van der Waals surface area contributed by atoms with Crippen LogP contribution in [0.1, 0.15) is 36.5 Å². The standard InChI is InChI=1S/C22H21NO/c1-13(2)20-17-7-5-6-8-19(17)24-22(20)18-12-11-16-14(3)9-10-15(4)21(16)23-18/h5-13H,1-4H3. The molecule has 0 atom stereocenters. The van der Waals surface area contributed by atoms with E-state index in [0.29, 0.717) is 5.92 Å². The van der Waals surface area contributed by atoms with Crippen molar-refractivity contribution < 1.29 is 4.42 Å². The van der Waals surface area contributed by atoms with Crippen LogP contribution in [0.25, 0.3) is 33.3 Å². The molecule has 0 aliphatic heterocycles. The summed E-state index contributed by atoms with van der Waals surface area (Å²) in [5, 5.41) is 2.39. The van der Waals surface area contributed by atoms with Gasteiger partial charge < -0.3 is 4.42 Å². The lowest BCUT2D eigenvalue weighted by Crippen LogP contribution is -1.93. The molecular formula is C22H21NO. The van der Waals surface area contributed by atoms with Crippen LogP contribution >= 0.6 is 0 Å². The molecule has 0 N–H and O–H groups in total. The molecule has 0 aliphatic rings. The first-order valence-electron chi connectivity index (χ1n) is 8.45. The number of aryl methyl sites for hydroxylation is 2. The molecule has 0 amide bonds. The lowest BCUT2D eigenvalue weighted by atomic mass is 9.97. The molecule has 2 heterocycles. The van der Waals surface area contributed by atoms with Crippen LogP contribution in [0.3, 0.4) is 0 Å². The first kappa shape index (κ1) is 14.9. The van der Waals surface area contributed by atoms with E-state index in [9.17, 15) is 0 Å². The SMILES string of the molecule is Cc1ccc(C)c2nc(-c3oc4ccccc4c3C(C)C)ccc12. The largest absolute Gasteiger partial charge is 0.454 e. The second-order valence-electron chi connectivity index (χ2n) is 6.79. The molecule has 0 bridgehead atoms. The Morgan fingerprint density at radius 2 is 1.58 bits per heavy atom. The third kappa shape index (κ3) is 2.22. The van der Waals surface area contributed by atoms with E-state index in [1.54, 1.807) is 0 Å². The van der Waals surface area contributed by atoms with E-state index < -0.39 is 0 Å². The molecule has 2 aromatic heterocycles. The summed E-state index contributed by atoms with van der Waals surface area (Å²) in [6.07, 6.45) is 0. The highest BCUT2D eigenvalue weighted by Crippen LogP contribution is 2.38. The summed E-state index contributed by atoms with van der Waals surface area (Å²) < 4.78 is 6.20. The van der Waals surface area contributed by atoms with Gasteiger partial charge in [0.2, 0.25) is 0 Å². The number of rotatable bonds is 2. The molecule has 0 saturated carbocycles. The minimum Gasteiger partial charge on any atom is -0.454 e. The van der Waals surface area contributed by atoms with Crippen LogP contribution < -0.4 is 0 Å². The molecule has 0 saturated heterocycles. The molecule has 4 aromatic rings. The highest BCUT2D eigenvalue weighted by Gasteiger charge is 2.19. The van der Waals surface area contributed by atoms with E-state index in [1.165, 1.54) is 27.5 Å². The van der Waals surface area contributed by atoms with Crippen LogP contribution in [0.2, 0.25) is 0 Å². The van der Waals surface area contributed by atoms with Gasteiger partial charge in [0.25, 0.3) is 0 Å². The van der Waals surface area contributed by atoms with Crippen molar-refractivity contribution in [1.82, 2.24) is 4.98 Å². The van der Waals surface area contributed by atoms with E-state index >= 15 is 0 Å². The number of hydrogen-bond donors (Lipinski definition) is 0. The smallest absolute Gasteiger partial charge is 0.157 e. The lowest BCUT2D eigenvalue weighted by Gasteiger charge is -2.09. The van der Waals surface area contributed by atoms with Gasteiger partial charge in [-0.15, -0.1) is 0 Å². The molecule has 0 aliphatic carbocycles. The third-order valence-corrected chi connectivity index (χ3v) is 4.72. The van der Waals surface area contributed by atoms with Crippen molar-refractivity contribution in [1.29, 1.82) is 0 Å². The number of hydrogen-bond acceptors (Lipinski definition) is 2. The zero-order valence-electron chi connectivity index (χ0n) is 14.6. The fourth-order valence-corrected chi connectivity index (χ4v) is 3.45. The fourth-order valence-electron chi connectivity index (χ4n) is 3.45. The van der Waals surface area contributed by atoms with Crippen molar-refractivity contribution in [3.63, 3.8) is 0 Å². The van der Waals surface area contributed by atoms with Crippen molar-refractivity contribution in [3.8, 4) is 11.5 Å². The molecule has 0 spiro atoms. The summed E-state index contributed by atoms with van der Waals surface area (Å²) in [5.74, 6) is 1.27. The summed E-state index contributed by atoms with van der Waals surface area (Å²) in [5.41, 5.74) is 6.59. The number of para-hydroxylation sites is 1. The van der Waals surface area contributed by atoms with Gasteiger partial charge in [0.15, 0.2) is 5.76 Å². The Labute approximate surface area is 142 Å². The Morgan fingerprint density at radius 1 is 0.833 bits per heavy atom. The zero-order chi connectivity index (χ0) is 16.8. The molecule has 2 heteroatoms. The molecule has 120 valence electrons. The van der Waals surface area contributed by atoms with Crippen LogP contribution in [0.5, 0.6) is 0 Å². The molecule has 0 radical (unpaired) electrons. The Kier molecular flexibility index (Phi) is 3.42. The maximum absolute atomic E-state index is 6.20. The van der Waals surface area contributed by atoms with Gasteiger partial charge in [-0.2, -0.15) is 0 Å². The summed E-state index contributed by atoms with van der Waals surface area (Å²) in [6, 6.07) is 16.8. The number of nitrogens with zero attached hydrogens (tertiary/aromatic N) is 1. The topological polar surface area (TPSA) is 26.0 Å². The van der Waals surface area contributed by atoms with E-state index in [4.69, 9.17) is 9.40 Å². The highest BCUT2D eigenvalue weighted by atomic mass is 16.3. The maximum Gasteiger partial charge on any atom is 0.157 e. The zero-order valence-corrected chi connectivity index (χ0v) is 14.6. The summed E-state index contributed by atoms with van der Waals surface area (Å²) in [6.45, 7) is 8.65. The molecule has 2 aromatic carbocycles. The van der Waals surface area contributed by atoms with Crippen LogP contribution in [-0.4, -0.2) is 4.98 Å². The van der Waals surface area contributed by atoms with Crippen molar-refractivity contribution in [3.05, 3.63) is 65.2 Å². The average Bonchev–Trinajstić information content (AvgIpc) is 2.97. The summed E-state index contributed by atoms with van der Waals surface area (Å²) in [7, 11) is 0. The van der Waals surface area contributed by atoms with Gasteiger partial charge in [-0.1, -0.05) is 50.2 Å². The first-order valence-corrected chi connectivity index (χ1v) is 8.45. The van der Waals surface area contributed by atoms with Crippen molar-refractivity contribution in [2.24, 2.45) is 0 Å². The van der Waals surface area contributed by atoms with Crippen molar-refractivity contribution >= 4 is 21.9 Å². The van der Waals surface area contributed by atoms with Gasteiger partial charge in [-0.25, -0.2) is 4.98 Å². The van der Waals surface area contributed by atoms with Crippen LogP contribution in [-0.2, 0) is 0 Å². The lowest BCUT2D eigenvalue weighted by molar-refractivity contribution is 0.620. The van der Waals surface area contributed by atoms with E-state index in [2.05, 4.69) is 64.1 Å². The summed E-state index contributed by atoms with van der Waals surface area (Å²) in [4.78, 5) is 4.95. The van der Waals surface area contributed by atoms with Crippen LogP contribution in [0, 0.1) is 13.8 Å².